The first-order chi connectivity index (χ1) is 11.8. The van der Waals surface area contributed by atoms with Crippen molar-refractivity contribution < 1.29 is 14.4 Å². The first kappa shape index (κ1) is 21.8. The summed E-state index contributed by atoms with van der Waals surface area (Å²) in [6.45, 7) is 6.25. The van der Waals surface area contributed by atoms with Crippen molar-refractivity contribution in [2.45, 2.75) is 84.6 Å². The lowest BCUT2D eigenvalue weighted by Gasteiger charge is -2.22. The van der Waals surface area contributed by atoms with Gasteiger partial charge in [0.2, 0.25) is 5.91 Å². The van der Waals surface area contributed by atoms with Crippen LogP contribution in [0.25, 0.3) is 0 Å². The van der Waals surface area contributed by atoms with Crippen LogP contribution in [-0.4, -0.2) is 30.1 Å². The molecular formula is C20H36N2O3. The Bertz CT molecular complexity index is 442. The van der Waals surface area contributed by atoms with E-state index in [1.165, 1.54) is 0 Å². The summed E-state index contributed by atoms with van der Waals surface area (Å²) in [5.74, 6) is 0.225. The summed E-state index contributed by atoms with van der Waals surface area (Å²) < 4.78 is 0. The SMILES string of the molecule is CC(=O)[C@@H](CC(=O)[C@H](CCCCN)NC(=O)C1CCCC1)CC(C)C. The Morgan fingerprint density at radius 1 is 1.12 bits per heavy atom. The van der Waals surface area contributed by atoms with Crippen molar-refractivity contribution in [1.29, 1.82) is 0 Å². The molecule has 0 aromatic rings. The number of carbonyl (C=O) groups excluding carboxylic acids is 3. The third-order valence-electron chi connectivity index (χ3n) is 5.16. The summed E-state index contributed by atoms with van der Waals surface area (Å²) in [5.41, 5.74) is 5.55. The van der Waals surface area contributed by atoms with Gasteiger partial charge in [-0.15, -0.1) is 0 Å². The highest BCUT2D eigenvalue weighted by Gasteiger charge is 2.29. The molecule has 0 saturated heterocycles. The van der Waals surface area contributed by atoms with E-state index >= 15 is 0 Å². The highest BCUT2D eigenvalue weighted by molar-refractivity contribution is 5.92. The molecule has 5 nitrogen and oxygen atoms in total. The van der Waals surface area contributed by atoms with Gasteiger partial charge in [-0.25, -0.2) is 0 Å². The first-order valence-electron chi connectivity index (χ1n) is 9.88. The summed E-state index contributed by atoms with van der Waals surface area (Å²) in [7, 11) is 0. The standard InChI is InChI=1S/C20H36N2O3/c1-14(2)12-17(15(3)23)13-19(24)18(10-6-7-11-21)22-20(25)16-8-4-5-9-16/h14,16-18H,4-13,21H2,1-3H3,(H,22,25)/t17-,18+/m1/s1. The minimum Gasteiger partial charge on any atom is -0.346 e. The highest BCUT2D eigenvalue weighted by atomic mass is 16.2. The van der Waals surface area contributed by atoms with Crippen LogP contribution < -0.4 is 11.1 Å². The molecule has 2 atom stereocenters. The second-order valence-corrected chi connectivity index (χ2v) is 7.93. The number of carbonyl (C=O) groups is 3. The molecule has 1 aliphatic rings. The van der Waals surface area contributed by atoms with Crippen molar-refractivity contribution in [3.05, 3.63) is 0 Å². The van der Waals surface area contributed by atoms with Crippen LogP contribution in [0.1, 0.15) is 78.6 Å². The molecule has 1 amide bonds. The van der Waals surface area contributed by atoms with E-state index in [9.17, 15) is 14.4 Å². The quantitative estimate of drug-likeness (QED) is 0.528. The van der Waals surface area contributed by atoms with Crippen molar-refractivity contribution in [3.8, 4) is 0 Å². The lowest BCUT2D eigenvalue weighted by molar-refractivity contribution is -0.132. The predicted molar refractivity (Wildman–Crippen MR) is 100 cm³/mol. The zero-order chi connectivity index (χ0) is 18.8. The Labute approximate surface area is 152 Å². The van der Waals surface area contributed by atoms with E-state index < -0.39 is 6.04 Å². The van der Waals surface area contributed by atoms with Crippen molar-refractivity contribution >= 4 is 17.5 Å². The van der Waals surface area contributed by atoms with Crippen LogP contribution in [0, 0.1) is 17.8 Å². The number of amides is 1. The van der Waals surface area contributed by atoms with Gasteiger partial charge in [0.25, 0.3) is 0 Å². The summed E-state index contributed by atoms with van der Waals surface area (Å²) in [6.07, 6.45) is 7.21. The fourth-order valence-corrected chi connectivity index (χ4v) is 3.63. The zero-order valence-electron chi connectivity index (χ0n) is 16.2. The van der Waals surface area contributed by atoms with Gasteiger partial charge in [-0.2, -0.15) is 0 Å². The van der Waals surface area contributed by atoms with Crippen molar-refractivity contribution in [2.24, 2.45) is 23.5 Å². The molecule has 0 bridgehead atoms. The molecule has 0 aliphatic heterocycles. The number of nitrogens with one attached hydrogen (secondary N) is 1. The van der Waals surface area contributed by atoms with Gasteiger partial charge in [-0.05, 0) is 57.9 Å². The van der Waals surface area contributed by atoms with Crippen LogP contribution in [-0.2, 0) is 14.4 Å². The third kappa shape index (κ3) is 8.13. The largest absolute Gasteiger partial charge is 0.346 e. The predicted octanol–water partition coefficient (Wildman–Crippen LogP) is 3.00. The lowest BCUT2D eigenvalue weighted by atomic mass is 9.87. The Balaban J connectivity index is 2.69. The summed E-state index contributed by atoms with van der Waals surface area (Å²) in [4.78, 5) is 37.1. The number of rotatable bonds is 12. The Morgan fingerprint density at radius 2 is 1.76 bits per heavy atom. The molecule has 0 radical (unpaired) electrons. The van der Waals surface area contributed by atoms with Gasteiger partial charge in [0.15, 0.2) is 5.78 Å². The minimum atomic E-state index is -0.478. The van der Waals surface area contributed by atoms with E-state index in [1.54, 1.807) is 6.92 Å². The molecule has 1 fully saturated rings. The van der Waals surface area contributed by atoms with E-state index in [2.05, 4.69) is 19.2 Å². The fraction of sp³-hybridized carbons (Fsp3) is 0.850. The normalized spacial score (nSPS) is 17.5. The van der Waals surface area contributed by atoms with E-state index in [1.807, 2.05) is 0 Å². The molecule has 0 unspecified atom stereocenters. The maximum absolute atomic E-state index is 12.8. The average Bonchev–Trinajstić information content (AvgIpc) is 3.07. The topological polar surface area (TPSA) is 89.3 Å². The smallest absolute Gasteiger partial charge is 0.223 e. The van der Waals surface area contributed by atoms with E-state index in [-0.39, 0.29) is 35.7 Å². The molecule has 5 heteroatoms. The Morgan fingerprint density at radius 3 is 2.28 bits per heavy atom. The molecule has 0 heterocycles. The number of hydrogen-bond acceptors (Lipinski definition) is 4. The van der Waals surface area contributed by atoms with Crippen LogP contribution in [0.3, 0.4) is 0 Å². The van der Waals surface area contributed by atoms with E-state index in [0.29, 0.717) is 25.3 Å². The molecule has 3 N–H and O–H groups in total. The Kier molecular flexibility index (Phi) is 9.94. The summed E-state index contributed by atoms with van der Waals surface area (Å²) >= 11 is 0. The van der Waals surface area contributed by atoms with Crippen LogP contribution in [0.5, 0.6) is 0 Å². The van der Waals surface area contributed by atoms with Gasteiger partial charge in [0, 0.05) is 18.3 Å². The second kappa shape index (κ2) is 11.4. The minimum absolute atomic E-state index is 0.00633. The summed E-state index contributed by atoms with van der Waals surface area (Å²) in [5, 5.41) is 2.97. The molecular weight excluding hydrogens is 316 g/mol. The van der Waals surface area contributed by atoms with Crippen LogP contribution in [0.4, 0.5) is 0 Å². The number of unbranched alkanes of at least 4 members (excludes halogenated alkanes) is 1. The van der Waals surface area contributed by atoms with Crippen molar-refractivity contribution in [3.63, 3.8) is 0 Å². The van der Waals surface area contributed by atoms with Gasteiger partial charge in [0.1, 0.15) is 5.78 Å². The number of ketones is 2. The molecule has 25 heavy (non-hydrogen) atoms. The van der Waals surface area contributed by atoms with Crippen LogP contribution in [0.15, 0.2) is 0 Å². The maximum Gasteiger partial charge on any atom is 0.223 e. The van der Waals surface area contributed by atoms with E-state index in [4.69, 9.17) is 5.73 Å². The monoisotopic (exact) mass is 352 g/mol. The Hall–Kier alpha value is -1.23. The van der Waals surface area contributed by atoms with Crippen molar-refractivity contribution in [1.82, 2.24) is 5.32 Å². The van der Waals surface area contributed by atoms with E-state index in [0.717, 1.165) is 38.5 Å². The molecule has 0 spiro atoms. The van der Waals surface area contributed by atoms with Gasteiger partial charge in [-0.3, -0.25) is 14.4 Å². The molecule has 0 aromatic carbocycles. The zero-order valence-corrected chi connectivity index (χ0v) is 16.2. The third-order valence-corrected chi connectivity index (χ3v) is 5.16. The van der Waals surface area contributed by atoms with Crippen LogP contribution >= 0.6 is 0 Å². The molecule has 144 valence electrons. The van der Waals surface area contributed by atoms with Gasteiger partial charge in [0.05, 0.1) is 6.04 Å². The molecule has 1 rings (SSSR count). The highest BCUT2D eigenvalue weighted by Crippen LogP contribution is 2.25. The number of Topliss-reactive ketones (excluding diaryl/α,β-unsaturated/α-hetero) is 2. The lowest BCUT2D eigenvalue weighted by Crippen LogP contribution is -2.44. The van der Waals surface area contributed by atoms with Crippen LogP contribution in [0.2, 0.25) is 0 Å². The summed E-state index contributed by atoms with van der Waals surface area (Å²) in [6, 6.07) is -0.478. The van der Waals surface area contributed by atoms with Gasteiger partial charge >= 0.3 is 0 Å². The molecule has 1 aliphatic carbocycles. The maximum atomic E-state index is 12.8. The second-order valence-electron chi connectivity index (χ2n) is 7.93. The number of hydrogen-bond donors (Lipinski definition) is 2. The van der Waals surface area contributed by atoms with Gasteiger partial charge < -0.3 is 11.1 Å². The first-order valence-corrected chi connectivity index (χ1v) is 9.88. The molecule has 1 saturated carbocycles. The number of nitrogens with two attached hydrogens (primary N) is 1. The fourth-order valence-electron chi connectivity index (χ4n) is 3.63. The molecule has 0 aromatic heterocycles. The van der Waals surface area contributed by atoms with Crippen molar-refractivity contribution in [2.75, 3.05) is 6.54 Å². The average molecular weight is 353 g/mol. The van der Waals surface area contributed by atoms with Gasteiger partial charge in [-0.1, -0.05) is 26.7 Å².